The van der Waals surface area contributed by atoms with Gasteiger partial charge in [0.05, 0.1) is 19.7 Å². The molecule has 0 radical (unpaired) electrons. The zero-order chi connectivity index (χ0) is 21.3. The second-order valence-corrected chi connectivity index (χ2v) is 6.21. The summed E-state index contributed by atoms with van der Waals surface area (Å²) in [5.41, 5.74) is 1.51. The summed E-state index contributed by atoms with van der Waals surface area (Å²) in [6.45, 7) is -2.54. The first-order chi connectivity index (χ1) is 14.5. The van der Waals surface area contributed by atoms with Crippen molar-refractivity contribution in [3.63, 3.8) is 0 Å². The lowest BCUT2D eigenvalue weighted by Crippen LogP contribution is -2.30. The molecule has 0 saturated carbocycles. The standard InChI is InChI=1S/C21H20F2N4O3/c1-29-19-11-15(7-9-18(19)30-21(22)23)8-10-20(28)26-17(12-27-14-24-13-25-27)16-5-3-2-4-6-16/h2-11,13-14,17,21H,12H2,1H3,(H,26,28)/b10-8+. The van der Waals surface area contributed by atoms with Crippen LogP contribution in [0.5, 0.6) is 11.5 Å². The van der Waals surface area contributed by atoms with E-state index in [0.29, 0.717) is 12.1 Å². The van der Waals surface area contributed by atoms with Crippen LogP contribution < -0.4 is 14.8 Å². The topological polar surface area (TPSA) is 78.3 Å². The number of aromatic nitrogens is 3. The molecule has 1 aromatic heterocycles. The fourth-order valence-electron chi connectivity index (χ4n) is 2.81. The van der Waals surface area contributed by atoms with Crippen molar-refractivity contribution < 1.29 is 23.0 Å². The number of benzene rings is 2. The first kappa shape index (κ1) is 21.0. The zero-order valence-corrected chi connectivity index (χ0v) is 16.1. The van der Waals surface area contributed by atoms with E-state index in [4.69, 9.17) is 4.74 Å². The van der Waals surface area contributed by atoms with Crippen molar-refractivity contribution in [1.29, 1.82) is 0 Å². The van der Waals surface area contributed by atoms with Crippen LogP contribution in [0.25, 0.3) is 6.08 Å². The van der Waals surface area contributed by atoms with Crippen LogP contribution >= 0.6 is 0 Å². The molecule has 3 aromatic rings. The van der Waals surface area contributed by atoms with E-state index < -0.39 is 6.61 Å². The summed E-state index contributed by atoms with van der Waals surface area (Å²) in [6, 6.07) is 13.6. The molecule has 0 aliphatic carbocycles. The summed E-state index contributed by atoms with van der Waals surface area (Å²) < 4.78 is 36.0. The Morgan fingerprint density at radius 2 is 2.00 bits per heavy atom. The Morgan fingerprint density at radius 3 is 2.67 bits per heavy atom. The molecule has 1 heterocycles. The summed E-state index contributed by atoms with van der Waals surface area (Å²) in [7, 11) is 1.35. The lowest BCUT2D eigenvalue weighted by atomic mass is 10.1. The molecule has 1 N–H and O–H groups in total. The van der Waals surface area contributed by atoms with Gasteiger partial charge in [0.25, 0.3) is 0 Å². The maximum absolute atomic E-state index is 12.5. The number of halogens is 2. The first-order valence-corrected chi connectivity index (χ1v) is 9.04. The lowest BCUT2D eigenvalue weighted by molar-refractivity contribution is -0.117. The van der Waals surface area contributed by atoms with Gasteiger partial charge in [0, 0.05) is 6.08 Å². The van der Waals surface area contributed by atoms with Crippen LogP contribution in [0, 0.1) is 0 Å². The molecule has 1 amide bonds. The molecule has 0 aliphatic rings. The summed E-state index contributed by atoms with van der Waals surface area (Å²) in [5.74, 6) is -0.256. The van der Waals surface area contributed by atoms with E-state index in [-0.39, 0.29) is 23.4 Å². The molecule has 0 bridgehead atoms. The number of rotatable bonds is 9. The highest BCUT2D eigenvalue weighted by atomic mass is 19.3. The van der Waals surface area contributed by atoms with Crippen LogP contribution in [0.3, 0.4) is 0 Å². The summed E-state index contributed by atoms with van der Waals surface area (Å²) >= 11 is 0. The molecule has 7 nitrogen and oxygen atoms in total. The molecular formula is C21H20F2N4O3. The van der Waals surface area contributed by atoms with E-state index in [1.165, 1.54) is 31.6 Å². The number of carbonyl (C=O) groups excluding carboxylic acids is 1. The van der Waals surface area contributed by atoms with Gasteiger partial charge in [-0.05, 0) is 29.3 Å². The molecule has 1 atom stereocenters. The minimum Gasteiger partial charge on any atom is -0.493 e. The van der Waals surface area contributed by atoms with Gasteiger partial charge in [0.2, 0.25) is 5.91 Å². The number of amides is 1. The molecular weight excluding hydrogens is 394 g/mol. The zero-order valence-electron chi connectivity index (χ0n) is 16.1. The Labute approximate surface area is 172 Å². The average molecular weight is 414 g/mol. The Morgan fingerprint density at radius 1 is 1.20 bits per heavy atom. The third kappa shape index (κ3) is 5.87. The van der Waals surface area contributed by atoms with Crippen LogP contribution in [-0.4, -0.2) is 34.4 Å². The van der Waals surface area contributed by atoms with Gasteiger partial charge in [0.1, 0.15) is 12.7 Å². The van der Waals surface area contributed by atoms with Crippen molar-refractivity contribution in [3.05, 3.63) is 78.4 Å². The van der Waals surface area contributed by atoms with Crippen LogP contribution in [0.1, 0.15) is 17.2 Å². The fraction of sp³-hybridized carbons (Fsp3) is 0.190. The van der Waals surface area contributed by atoms with Crippen molar-refractivity contribution in [2.24, 2.45) is 0 Å². The largest absolute Gasteiger partial charge is 0.493 e. The van der Waals surface area contributed by atoms with Gasteiger partial charge in [0.15, 0.2) is 11.5 Å². The number of nitrogens with zero attached hydrogens (tertiary/aromatic N) is 3. The average Bonchev–Trinajstić information content (AvgIpc) is 3.26. The van der Waals surface area contributed by atoms with Gasteiger partial charge in [-0.25, -0.2) is 4.98 Å². The van der Waals surface area contributed by atoms with Crippen molar-refractivity contribution in [2.75, 3.05) is 7.11 Å². The summed E-state index contributed by atoms with van der Waals surface area (Å²) in [6.07, 6.45) is 5.92. The minimum absolute atomic E-state index is 0.0777. The fourth-order valence-corrected chi connectivity index (χ4v) is 2.81. The van der Waals surface area contributed by atoms with E-state index in [9.17, 15) is 13.6 Å². The van der Waals surface area contributed by atoms with E-state index in [1.807, 2.05) is 30.3 Å². The SMILES string of the molecule is COc1cc(/C=C/C(=O)NC(Cn2cncn2)c2ccccc2)ccc1OC(F)F. The molecule has 156 valence electrons. The molecule has 9 heteroatoms. The Hall–Kier alpha value is -3.75. The summed E-state index contributed by atoms with van der Waals surface area (Å²) in [4.78, 5) is 16.4. The van der Waals surface area contributed by atoms with Crippen LogP contribution in [0.15, 0.2) is 67.3 Å². The predicted molar refractivity (Wildman–Crippen MR) is 106 cm³/mol. The van der Waals surface area contributed by atoms with E-state index in [2.05, 4.69) is 20.1 Å². The Bertz CT molecular complexity index is 979. The molecule has 0 spiro atoms. The molecule has 1 unspecified atom stereocenters. The van der Waals surface area contributed by atoms with E-state index >= 15 is 0 Å². The smallest absolute Gasteiger partial charge is 0.387 e. The van der Waals surface area contributed by atoms with Gasteiger partial charge >= 0.3 is 6.61 Å². The van der Waals surface area contributed by atoms with Gasteiger partial charge in [-0.2, -0.15) is 13.9 Å². The lowest BCUT2D eigenvalue weighted by Gasteiger charge is -2.18. The number of nitrogens with one attached hydrogen (secondary N) is 1. The van der Waals surface area contributed by atoms with Crippen molar-refractivity contribution >= 4 is 12.0 Å². The predicted octanol–water partition coefficient (Wildman–Crippen LogP) is 3.46. The number of methoxy groups -OCH3 is 1. The minimum atomic E-state index is -2.95. The quantitative estimate of drug-likeness (QED) is 0.543. The van der Waals surface area contributed by atoms with Gasteiger partial charge in [-0.3, -0.25) is 9.48 Å². The molecule has 0 aliphatic heterocycles. The van der Waals surface area contributed by atoms with Crippen LogP contribution in [0.2, 0.25) is 0 Å². The van der Waals surface area contributed by atoms with E-state index in [0.717, 1.165) is 5.56 Å². The van der Waals surface area contributed by atoms with Gasteiger partial charge in [-0.1, -0.05) is 36.4 Å². The third-order valence-electron chi connectivity index (χ3n) is 4.19. The summed E-state index contributed by atoms with van der Waals surface area (Å²) in [5, 5.41) is 7.03. The maximum Gasteiger partial charge on any atom is 0.387 e. The Balaban J connectivity index is 1.71. The molecule has 3 rings (SSSR count). The normalized spacial score (nSPS) is 12.1. The van der Waals surface area contributed by atoms with Crippen molar-refractivity contribution in [2.45, 2.75) is 19.2 Å². The van der Waals surface area contributed by atoms with Crippen molar-refractivity contribution in [1.82, 2.24) is 20.1 Å². The van der Waals surface area contributed by atoms with Gasteiger partial charge < -0.3 is 14.8 Å². The number of hydrogen-bond acceptors (Lipinski definition) is 5. The first-order valence-electron chi connectivity index (χ1n) is 9.04. The maximum atomic E-state index is 12.5. The van der Waals surface area contributed by atoms with Crippen LogP contribution in [0.4, 0.5) is 8.78 Å². The monoisotopic (exact) mass is 414 g/mol. The molecule has 30 heavy (non-hydrogen) atoms. The molecule has 0 saturated heterocycles. The number of ether oxygens (including phenoxy) is 2. The number of carbonyl (C=O) groups is 1. The highest BCUT2D eigenvalue weighted by molar-refractivity contribution is 5.92. The third-order valence-corrected chi connectivity index (χ3v) is 4.19. The van der Waals surface area contributed by atoms with Crippen molar-refractivity contribution in [3.8, 4) is 11.5 Å². The van der Waals surface area contributed by atoms with Gasteiger partial charge in [-0.15, -0.1) is 0 Å². The van der Waals surface area contributed by atoms with Crippen LogP contribution in [-0.2, 0) is 11.3 Å². The molecule has 0 fully saturated rings. The highest BCUT2D eigenvalue weighted by Gasteiger charge is 2.15. The second kappa shape index (κ2) is 10.1. The molecule has 2 aromatic carbocycles. The number of alkyl halides is 2. The second-order valence-electron chi connectivity index (χ2n) is 6.21. The number of hydrogen-bond donors (Lipinski definition) is 1. The van der Waals surface area contributed by atoms with E-state index in [1.54, 1.807) is 23.2 Å². The Kier molecular flexibility index (Phi) is 7.09. The highest BCUT2D eigenvalue weighted by Crippen LogP contribution is 2.29.